The van der Waals surface area contributed by atoms with Crippen LogP contribution < -0.4 is 0 Å². The molecule has 2 aliphatic heterocycles. The molecule has 1 aliphatic carbocycles. The van der Waals surface area contributed by atoms with Gasteiger partial charge in [-0.25, -0.2) is 0 Å². The lowest BCUT2D eigenvalue weighted by Gasteiger charge is -2.37. The normalized spacial score (nSPS) is 34.5. The number of nitrogens with zero attached hydrogens (tertiary/aromatic N) is 2. The standard InChI is InChI=1S/C13H22N2O2/c1-9(2)14-6-11-12(7-14)17-8-13(16)15(11)5-10-3-4-10/h9-12H,3-8H2,1-2H3. The van der Waals surface area contributed by atoms with E-state index < -0.39 is 0 Å². The number of amides is 1. The zero-order valence-electron chi connectivity index (χ0n) is 10.8. The van der Waals surface area contributed by atoms with Gasteiger partial charge in [-0.2, -0.15) is 0 Å². The van der Waals surface area contributed by atoms with Crippen molar-refractivity contribution in [1.82, 2.24) is 9.80 Å². The Bertz CT molecular complexity index is 315. The van der Waals surface area contributed by atoms with Crippen molar-refractivity contribution in [2.75, 3.05) is 26.2 Å². The molecule has 2 unspecified atom stereocenters. The van der Waals surface area contributed by atoms with E-state index >= 15 is 0 Å². The first-order valence-corrected chi connectivity index (χ1v) is 6.80. The van der Waals surface area contributed by atoms with Crippen molar-refractivity contribution in [2.45, 2.75) is 44.9 Å². The average Bonchev–Trinajstić information content (AvgIpc) is 2.99. The Kier molecular flexibility index (Phi) is 2.87. The number of fused-ring (bicyclic) bond motifs is 1. The summed E-state index contributed by atoms with van der Waals surface area (Å²) in [6.07, 6.45) is 2.85. The quantitative estimate of drug-likeness (QED) is 0.726. The summed E-state index contributed by atoms with van der Waals surface area (Å²) in [6, 6.07) is 0.848. The first kappa shape index (κ1) is 11.5. The number of rotatable bonds is 3. The maximum atomic E-state index is 12.0. The molecule has 0 radical (unpaired) electrons. The summed E-state index contributed by atoms with van der Waals surface area (Å²) in [7, 11) is 0. The number of ether oxygens (including phenoxy) is 1. The van der Waals surface area contributed by atoms with Crippen LogP contribution >= 0.6 is 0 Å². The predicted molar refractivity (Wildman–Crippen MR) is 64.7 cm³/mol. The second kappa shape index (κ2) is 4.25. The fraction of sp³-hybridized carbons (Fsp3) is 0.923. The lowest BCUT2D eigenvalue weighted by molar-refractivity contribution is -0.153. The highest BCUT2D eigenvalue weighted by atomic mass is 16.5. The number of morpholine rings is 1. The molecule has 0 bridgehead atoms. The number of carbonyl (C=O) groups excluding carboxylic acids is 1. The number of likely N-dealkylation sites (tertiary alicyclic amines) is 1. The van der Waals surface area contributed by atoms with E-state index in [9.17, 15) is 4.79 Å². The summed E-state index contributed by atoms with van der Waals surface area (Å²) in [4.78, 5) is 16.5. The second-order valence-electron chi connectivity index (χ2n) is 5.95. The minimum atomic E-state index is 0.198. The minimum absolute atomic E-state index is 0.198. The van der Waals surface area contributed by atoms with Crippen molar-refractivity contribution < 1.29 is 9.53 Å². The number of hydrogen-bond acceptors (Lipinski definition) is 3. The Morgan fingerprint density at radius 2 is 2.12 bits per heavy atom. The molecule has 2 saturated heterocycles. The van der Waals surface area contributed by atoms with E-state index in [4.69, 9.17) is 4.74 Å². The maximum Gasteiger partial charge on any atom is 0.248 e. The van der Waals surface area contributed by atoms with E-state index in [0.717, 1.165) is 25.6 Å². The van der Waals surface area contributed by atoms with Gasteiger partial charge in [-0.3, -0.25) is 9.69 Å². The molecule has 2 heterocycles. The van der Waals surface area contributed by atoms with Crippen LogP contribution in [0.3, 0.4) is 0 Å². The Labute approximate surface area is 103 Å². The van der Waals surface area contributed by atoms with Gasteiger partial charge >= 0.3 is 0 Å². The molecule has 3 aliphatic rings. The molecule has 1 saturated carbocycles. The molecule has 0 aromatic rings. The zero-order valence-corrected chi connectivity index (χ0v) is 10.8. The van der Waals surface area contributed by atoms with Crippen LogP contribution in [0.25, 0.3) is 0 Å². The van der Waals surface area contributed by atoms with E-state index in [2.05, 4.69) is 23.6 Å². The zero-order chi connectivity index (χ0) is 12.0. The van der Waals surface area contributed by atoms with Crippen LogP contribution in [0.15, 0.2) is 0 Å². The summed E-state index contributed by atoms with van der Waals surface area (Å²) in [5.74, 6) is 0.967. The molecular formula is C13H22N2O2. The summed E-state index contributed by atoms with van der Waals surface area (Å²) in [6.45, 7) is 7.65. The van der Waals surface area contributed by atoms with Crippen LogP contribution in [0.4, 0.5) is 0 Å². The molecule has 0 spiro atoms. The lowest BCUT2D eigenvalue weighted by Crippen LogP contribution is -2.54. The largest absolute Gasteiger partial charge is 0.365 e. The Hall–Kier alpha value is -0.610. The van der Waals surface area contributed by atoms with Crippen LogP contribution in [0.1, 0.15) is 26.7 Å². The van der Waals surface area contributed by atoms with Crippen LogP contribution in [0, 0.1) is 5.92 Å². The predicted octanol–water partition coefficient (Wildman–Crippen LogP) is 0.716. The van der Waals surface area contributed by atoms with E-state index in [1.807, 2.05) is 0 Å². The third-order valence-corrected chi connectivity index (χ3v) is 4.29. The van der Waals surface area contributed by atoms with E-state index in [0.29, 0.717) is 18.7 Å². The van der Waals surface area contributed by atoms with Gasteiger partial charge < -0.3 is 9.64 Å². The Morgan fingerprint density at radius 1 is 1.35 bits per heavy atom. The molecule has 17 heavy (non-hydrogen) atoms. The van der Waals surface area contributed by atoms with E-state index in [1.54, 1.807) is 0 Å². The molecule has 96 valence electrons. The lowest BCUT2D eigenvalue weighted by atomic mass is 10.1. The molecule has 3 rings (SSSR count). The highest BCUT2D eigenvalue weighted by Gasteiger charge is 2.44. The molecule has 3 fully saturated rings. The van der Waals surface area contributed by atoms with E-state index in [1.165, 1.54) is 12.8 Å². The van der Waals surface area contributed by atoms with Gasteiger partial charge in [-0.05, 0) is 32.6 Å². The fourth-order valence-electron chi connectivity index (χ4n) is 2.93. The number of hydrogen-bond donors (Lipinski definition) is 0. The van der Waals surface area contributed by atoms with Crippen molar-refractivity contribution >= 4 is 5.91 Å². The van der Waals surface area contributed by atoms with Crippen LogP contribution in [0.2, 0.25) is 0 Å². The average molecular weight is 238 g/mol. The highest BCUT2D eigenvalue weighted by Crippen LogP contribution is 2.33. The highest BCUT2D eigenvalue weighted by molar-refractivity contribution is 5.78. The molecule has 0 aromatic heterocycles. The summed E-state index contributed by atoms with van der Waals surface area (Å²) >= 11 is 0. The molecule has 0 aromatic carbocycles. The van der Waals surface area contributed by atoms with Gasteiger partial charge in [0, 0.05) is 25.7 Å². The number of carbonyl (C=O) groups is 1. The van der Waals surface area contributed by atoms with Crippen LogP contribution in [-0.2, 0) is 9.53 Å². The van der Waals surface area contributed by atoms with Gasteiger partial charge in [0.2, 0.25) is 5.91 Å². The molecule has 2 atom stereocenters. The molecule has 4 heteroatoms. The molecule has 4 nitrogen and oxygen atoms in total. The van der Waals surface area contributed by atoms with Gasteiger partial charge in [0.05, 0.1) is 12.1 Å². The Morgan fingerprint density at radius 3 is 2.76 bits per heavy atom. The van der Waals surface area contributed by atoms with Crippen LogP contribution in [0.5, 0.6) is 0 Å². The van der Waals surface area contributed by atoms with Crippen LogP contribution in [-0.4, -0.2) is 60.1 Å². The van der Waals surface area contributed by atoms with E-state index in [-0.39, 0.29) is 12.0 Å². The maximum absolute atomic E-state index is 12.0. The van der Waals surface area contributed by atoms with Gasteiger partial charge in [0.25, 0.3) is 0 Å². The third-order valence-electron chi connectivity index (χ3n) is 4.29. The third kappa shape index (κ3) is 2.20. The molecule has 1 amide bonds. The molecule has 0 N–H and O–H groups in total. The summed E-state index contributed by atoms with van der Waals surface area (Å²) in [5, 5.41) is 0. The summed E-state index contributed by atoms with van der Waals surface area (Å²) < 4.78 is 5.69. The minimum Gasteiger partial charge on any atom is -0.365 e. The molecular weight excluding hydrogens is 216 g/mol. The second-order valence-corrected chi connectivity index (χ2v) is 5.95. The topological polar surface area (TPSA) is 32.8 Å². The first-order valence-electron chi connectivity index (χ1n) is 6.80. The van der Waals surface area contributed by atoms with Gasteiger partial charge in [0.1, 0.15) is 6.61 Å². The van der Waals surface area contributed by atoms with Gasteiger partial charge in [-0.1, -0.05) is 0 Å². The van der Waals surface area contributed by atoms with Gasteiger partial charge in [-0.15, -0.1) is 0 Å². The van der Waals surface area contributed by atoms with Gasteiger partial charge in [0.15, 0.2) is 0 Å². The van der Waals surface area contributed by atoms with Crippen molar-refractivity contribution in [3.05, 3.63) is 0 Å². The Balaban J connectivity index is 1.70. The SMILES string of the molecule is CC(C)N1CC2OCC(=O)N(CC3CC3)C2C1. The van der Waals surface area contributed by atoms with Crippen molar-refractivity contribution in [2.24, 2.45) is 5.92 Å². The van der Waals surface area contributed by atoms with Crippen molar-refractivity contribution in [3.63, 3.8) is 0 Å². The smallest absolute Gasteiger partial charge is 0.248 e. The first-order chi connectivity index (χ1) is 8.15. The fourth-order valence-corrected chi connectivity index (χ4v) is 2.93. The van der Waals surface area contributed by atoms with Crippen molar-refractivity contribution in [3.8, 4) is 0 Å². The van der Waals surface area contributed by atoms with Crippen molar-refractivity contribution in [1.29, 1.82) is 0 Å². The summed E-state index contributed by atoms with van der Waals surface area (Å²) in [5.41, 5.74) is 0. The monoisotopic (exact) mass is 238 g/mol.